The molecule has 19 heavy (non-hydrogen) atoms. The van der Waals surface area contributed by atoms with E-state index in [2.05, 4.69) is 5.10 Å². The van der Waals surface area contributed by atoms with Crippen LogP contribution in [0.2, 0.25) is 0 Å². The number of aliphatic hydroxyl groups excluding tert-OH is 1. The van der Waals surface area contributed by atoms with Crippen LogP contribution >= 0.6 is 0 Å². The maximum absolute atomic E-state index is 13.1. The van der Waals surface area contributed by atoms with Crippen molar-refractivity contribution >= 4 is 0 Å². The van der Waals surface area contributed by atoms with Gasteiger partial charge in [0.05, 0.1) is 24.9 Å². The van der Waals surface area contributed by atoms with E-state index < -0.39 is 17.6 Å². The number of aliphatic hydroxyl groups is 1. The molecule has 0 spiro atoms. The fourth-order valence-corrected chi connectivity index (χ4v) is 1.66. The largest absolute Gasteiger partial charge is 0.419 e. The molecule has 0 saturated carbocycles. The van der Waals surface area contributed by atoms with Crippen LogP contribution in [-0.4, -0.2) is 21.5 Å². The molecule has 1 heterocycles. The van der Waals surface area contributed by atoms with Gasteiger partial charge in [0.15, 0.2) is 0 Å². The Kier molecular flexibility index (Phi) is 3.57. The zero-order valence-corrected chi connectivity index (χ0v) is 9.65. The van der Waals surface area contributed by atoms with E-state index in [-0.39, 0.29) is 18.7 Å². The molecule has 0 aliphatic rings. The lowest BCUT2D eigenvalue weighted by Gasteiger charge is -2.09. The third-order valence-corrected chi connectivity index (χ3v) is 2.57. The van der Waals surface area contributed by atoms with Gasteiger partial charge in [-0.05, 0) is 17.7 Å². The maximum atomic E-state index is 13.1. The van der Waals surface area contributed by atoms with Gasteiger partial charge in [0.25, 0.3) is 0 Å². The van der Waals surface area contributed by atoms with Gasteiger partial charge in [-0.15, -0.1) is 0 Å². The van der Waals surface area contributed by atoms with Crippen LogP contribution in [0.1, 0.15) is 5.56 Å². The van der Waals surface area contributed by atoms with E-state index in [0.29, 0.717) is 5.56 Å². The summed E-state index contributed by atoms with van der Waals surface area (Å²) in [6.45, 7) is 0.117. The summed E-state index contributed by atoms with van der Waals surface area (Å²) in [5.41, 5.74) is -0.656. The minimum Gasteiger partial charge on any atom is -0.394 e. The smallest absolute Gasteiger partial charge is 0.394 e. The molecule has 0 fully saturated rings. The monoisotopic (exact) mass is 274 g/mol. The molecule has 0 unspecified atom stereocenters. The number of rotatable bonds is 3. The average Bonchev–Trinajstić information content (AvgIpc) is 2.77. The number of aromatic nitrogens is 2. The molecule has 2 rings (SSSR count). The molecule has 0 saturated heterocycles. The van der Waals surface area contributed by atoms with Crippen molar-refractivity contribution in [3.05, 3.63) is 42.0 Å². The Morgan fingerprint density at radius 2 is 1.95 bits per heavy atom. The van der Waals surface area contributed by atoms with Gasteiger partial charge in [-0.2, -0.15) is 18.3 Å². The number of halogens is 4. The van der Waals surface area contributed by atoms with E-state index in [1.54, 1.807) is 0 Å². The number of benzene rings is 1. The highest BCUT2D eigenvalue weighted by Crippen LogP contribution is 2.34. The predicted octanol–water partition coefficient (Wildman–Crippen LogP) is 2.70. The zero-order valence-electron chi connectivity index (χ0n) is 9.65. The molecular formula is C12H10F4N2O. The van der Waals surface area contributed by atoms with Crippen molar-refractivity contribution in [2.45, 2.75) is 12.7 Å². The number of nitrogens with zero attached hydrogens (tertiary/aromatic N) is 2. The highest BCUT2D eigenvalue weighted by molar-refractivity contribution is 5.62. The fraction of sp³-hybridized carbons (Fsp3) is 0.250. The molecule has 0 aliphatic carbocycles. The van der Waals surface area contributed by atoms with Gasteiger partial charge in [0.2, 0.25) is 0 Å². The first-order chi connectivity index (χ1) is 8.91. The lowest BCUT2D eigenvalue weighted by atomic mass is 10.1. The number of alkyl halides is 3. The summed E-state index contributed by atoms with van der Waals surface area (Å²) in [6, 6.07) is 2.78. The van der Waals surface area contributed by atoms with E-state index in [1.165, 1.54) is 23.1 Å². The third-order valence-electron chi connectivity index (χ3n) is 2.57. The standard InChI is InChI=1S/C12H10F4N2O/c13-11-2-1-8(5-10(11)12(14,15)16)9-6-17-18(7-9)3-4-19/h1-2,5-7,19H,3-4H2. The highest BCUT2D eigenvalue weighted by atomic mass is 19.4. The Balaban J connectivity index is 2.39. The summed E-state index contributed by atoms with van der Waals surface area (Å²) in [5, 5.41) is 12.6. The first-order valence-corrected chi connectivity index (χ1v) is 5.42. The van der Waals surface area contributed by atoms with Crippen molar-refractivity contribution in [1.29, 1.82) is 0 Å². The second kappa shape index (κ2) is 5.00. The molecule has 1 aromatic carbocycles. The SMILES string of the molecule is OCCn1cc(-c2ccc(F)c(C(F)(F)F)c2)cn1. The average molecular weight is 274 g/mol. The van der Waals surface area contributed by atoms with Crippen molar-refractivity contribution in [3.63, 3.8) is 0 Å². The molecule has 1 aromatic heterocycles. The Morgan fingerprint density at radius 3 is 2.58 bits per heavy atom. The summed E-state index contributed by atoms with van der Waals surface area (Å²) >= 11 is 0. The van der Waals surface area contributed by atoms with Crippen LogP contribution in [0.25, 0.3) is 11.1 Å². The van der Waals surface area contributed by atoms with E-state index in [4.69, 9.17) is 5.11 Å². The van der Waals surface area contributed by atoms with Crippen LogP contribution in [0.3, 0.4) is 0 Å². The lowest BCUT2D eigenvalue weighted by Crippen LogP contribution is -2.08. The summed E-state index contributed by atoms with van der Waals surface area (Å²) in [6.07, 6.45) is -1.88. The summed E-state index contributed by atoms with van der Waals surface area (Å²) in [4.78, 5) is 0. The van der Waals surface area contributed by atoms with E-state index >= 15 is 0 Å². The van der Waals surface area contributed by atoms with Crippen molar-refractivity contribution in [1.82, 2.24) is 9.78 Å². The molecule has 0 radical (unpaired) electrons. The number of hydrogen-bond acceptors (Lipinski definition) is 2. The molecule has 1 N–H and O–H groups in total. The lowest BCUT2D eigenvalue weighted by molar-refractivity contribution is -0.139. The Hall–Kier alpha value is -1.89. The van der Waals surface area contributed by atoms with Crippen LogP contribution in [-0.2, 0) is 12.7 Å². The van der Waals surface area contributed by atoms with Gasteiger partial charge in [-0.1, -0.05) is 6.07 Å². The first-order valence-electron chi connectivity index (χ1n) is 5.42. The normalized spacial score (nSPS) is 11.8. The molecule has 0 aliphatic heterocycles. The van der Waals surface area contributed by atoms with Gasteiger partial charge in [-0.25, -0.2) is 4.39 Å². The second-order valence-electron chi connectivity index (χ2n) is 3.91. The van der Waals surface area contributed by atoms with Gasteiger partial charge in [-0.3, -0.25) is 4.68 Å². The van der Waals surface area contributed by atoms with Crippen molar-refractivity contribution in [2.75, 3.05) is 6.61 Å². The molecular weight excluding hydrogens is 264 g/mol. The molecule has 0 atom stereocenters. The number of hydrogen-bond donors (Lipinski definition) is 1. The van der Waals surface area contributed by atoms with E-state index in [1.807, 2.05) is 0 Å². The van der Waals surface area contributed by atoms with Crippen LogP contribution in [0.15, 0.2) is 30.6 Å². The molecule has 0 bridgehead atoms. The van der Waals surface area contributed by atoms with Crippen LogP contribution in [0, 0.1) is 5.82 Å². The highest BCUT2D eigenvalue weighted by Gasteiger charge is 2.34. The first kappa shape index (κ1) is 13.5. The minimum absolute atomic E-state index is 0.127. The summed E-state index contributed by atoms with van der Waals surface area (Å²) in [5.74, 6) is -1.31. The second-order valence-corrected chi connectivity index (χ2v) is 3.91. The van der Waals surface area contributed by atoms with Crippen LogP contribution in [0.4, 0.5) is 17.6 Å². The fourth-order valence-electron chi connectivity index (χ4n) is 1.66. The third kappa shape index (κ3) is 2.93. The Labute approximate surface area is 106 Å². The zero-order chi connectivity index (χ0) is 14.0. The van der Waals surface area contributed by atoms with Gasteiger partial charge in [0.1, 0.15) is 5.82 Å². The van der Waals surface area contributed by atoms with Crippen molar-refractivity contribution in [2.24, 2.45) is 0 Å². The van der Waals surface area contributed by atoms with Crippen molar-refractivity contribution in [3.8, 4) is 11.1 Å². The van der Waals surface area contributed by atoms with Gasteiger partial charge < -0.3 is 5.11 Å². The molecule has 0 amide bonds. The summed E-state index contributed by atoms with van der Waals surface area (Å²) in [7, 11) is 0. The van der Waals surface area contributed by atoms with Crippen LogP contribution < -0.4 is 0 Å². The van der Waals surface area contributed by atoms with E-state index in [0.717, 1.165) is 12.1 Å². The topological polar surface area (TPSA) is 38.0 Å². The predicted molar refractivity (Wildman–Crippen MR) is 59.7 cm³/mol. The molecule has 102 valence electrons. The van der Waals surface area contributed by atoms with Crippen molar-refractivity contribution < 1.29 is 22.7 Å². The van der Waals surface area contributed by atoms with Crippen LogP contribution in [0.5, 0.6) is 0 Å². The Bertz CT molecular complexity index is 577. The molecule has 7 heteroatoms. The minimum atomic E-state index is -4.73. The quantitative estimate of drug-likeness (QED) is 0.874. The molecule has 3 nitrogen and oxygen atoms in total. The molecule has 2 aromatic rings. The van der Waals surface area contributed by atoms with E-state index in [9.17, 15) is 17.6 Å². The maximum Gasteiger partial charge on any atom is 0.419 e. The van der Waals surface area contributed by atoms with Gasteiger partial charge in [0, 0.05) is 11.8 Å². The Morgan fingerprint density at radius 1 is 1.21 bits per heavy atom. The summed E-state index contributed by atoms with van der Waals surface area (Å²) < 4.78 is 52.3. The van der Waals surface area contributed by atoms with Gasteiger partial charge >= 0.3 is 6.18 Å².